The van der Waals surface area contributed by atoms with Crippen LogP contribution in [-0.4, -0.2) is 28.6 Å². The van der Waals surface area contributed by atoms with Crippen LogP contribution in [0.4, 0.5) is 8.78 Å². The molecular formula is C23H23F2N3O2S. The molecular weight excluding hydrogens is 420 g/mol. The predicted octanol–water partition coefficient (Wildman–Crippen LogP) is 4.35. The Labute approximate surface area is 183 Å². The Kier molecular flexibility index (Phi) is 5.22. The third-order valence-corrected chi connectivity index (χ3v) is 7.67. The van der Waals surface area contributed by atoms with Gasteiger partial charge in [-0.2, -0.15) is 5.10 Å². The number of fused-ring (bicyclic) bond motifs is 2. The second kappa shape index (κ2) is 7.91. The molecule has 0 saturated heterocycles. The van der Waals surface area contributed by atoms with Gasteiger partial charge < -0.3 is 10.5 Å². The summed E-state index contributed by atoms with van der Waals surface area (Å²) in [6.07, 6.45) is 3.64. The summed E-state index contributed by atoms with van der Waals surface area (Å²) in [6.45, 7) is 0.395. The van der Waals surface area contributed by atoms with Crippen LogP contribution in [0, 0.1) is 17.6 Å². The van der Waals surface area contributed by atoms with Crippen LogP contribution in [0.2, 0.25) is 0 Å². The van der Waals surface area contributed by atoms with E-state index in [-0.39, 0.29) is 23.4 Å². The van der Waals surface area contributed by atoms with Gasteiger partial charge in [0.25, 0.3) is 0 Å². The van der Waals surface area contributed by atoms with Gasteiger partial charge in [-0.15, -0.1) is 0 Å². The number of nitrogens with zero attached hydrogens (tertiary/aromatic N) is 2. The molecule has 0 bridgehead atoms. The Morgan fingerprint density at radius 1 is 1.23 bits per heavy atom. The van der Waals surface area contributed by atoms with Crippen molar-refractivity contribution >= 4 is 22.7 Å². The van der Waals surface area contributed by atoms with Crippen LogP contribution in [0.5, 0.6) is 5.75 Å². The van der Waals surface area contributed by atoms with Gasteiger partial charge in [-0.25, -0.2) is 13.8 Å². The minimum atomic E-state index is -0.860. The van der Waals surface area contributed by atoms with Crippen LogP contribution in [0.15, 0.2) is 47.6 Å². The van der Waals surface area contributed by atoms with Gasteiger partial charge in [0.15, 0.2) is 0 Å². The summed E-state index contributed by atoms with van der Waals surface area (Å²) in [7, 11) is 0. The molecule has 3 aliphatic rings. The number of halogens is 2. The van der Waals surface area contributed by atoms with Crippen molar-refractivity contribution in [1.29, 1.82) is 0 Å². The Morgan fingerprint density at radius 2 is 2.06 bits per heavy atom. The van der Waals surface area contributed by atoms with Gasteiger partial charge >= 0.3 is 0 Å². The lowest BCUT2D eigenvalue weighted by molar-refractivity contribution is -0.141. The number of hydrazone groups is 1. The predicted molar refractivity (Wildman–Crippen MR) is 115 cm³/mol. The molecule has 1 saturated carbocycles. The second-order valence-corrected chi connectivity index (χ2v) is 9.55. The number of benzene rings is 2. The fraction of sp³-hybridized carbons (Fsp3) is 0.391. The summed E-state index contributed by atoms with van der Waals surface area (Å²) >= 11 is 1.29. The molecule has 2 aliphatic heterocycles. The van der Waals surface area contributed by atoms with Crippen LogP contribution in [-0.2, 0) is 9.67 Å². The van der Waals surface area contributed by atoms with Crippen LogP contribution >= 0.6 is 11.8 Å². The van der Waals surface area contributed by atoms with Gasteiger partial charge in [0.05, 0.1) is 6.61 Å². The lowest BCUT2D eigenvalue weighted by atomic mass is 9.85. The van der Waals surface area contributed by atoms with Crippen LogP contribution in [0.1, 0.15) is 43.2 Å². The fourth-order valence-corrected chi connectivity index (χ4v) is 6.08. The van der Waals surface area contributed by atoms with Crippen LogP contribution in [0.25, 0.3) is 0 Å². The average Bonchev–Trinajstić information content (AvgIpc) is 3.15. The van der Waals surface area contributed by atoms with E-state index in [2.05, 4.69) is 5.10 Å². The lowest BCUT2D eigenvalue weighted by Gasteiger charge is -2.41. The molecule has 1 fully saturated rings. The molecule has 5 rings (SSSR count). The highest BCUT2D eigenvalue weighted by Gasteiger charge is 2.53. The molecule has 2 aromatic carbocycles. The maximum atomic E-state index is 14.6. The van der Waals surface area contributed by atoms with Crippen LogP contribution < -0.4 is 10.5 Å². The van der Waals surface area contributed by atoms with E-state index < -0.39 is 16.5 Å². The van der Waals surface area contributed by atoms with E-state index in [4.69, 9.17) is 10.5 Å². The van der Waals surface area contributed by atoms with E-state index in [0.717, 1.165) is 43.0 Å². The number of hydrogen-bond donors (Lipinski definition) is 1. The molecule has 1 spiro atoms. The van der Waals surface area contributed by atoms with Crippen molar-refractivity contribution in [1.82, 2.24) is 5.01 Å². The molecule has 2 N–H and O–H groups in total. The third-order valence-electron chi connectivity index (χ3n) is 6.24. The summed E-state index contributed by atoms with van der Waals surface area (Å²) in [5, 5.41) is 6.39. The number of nitrogens with two attached hydrogens (primary N) is 1. The quantitative estimate of drug-likeness (QED) is 0.749. The number of thioether (sulfide) groups is 1. The summed E-state index contributed by atoms with van der Waals surface area (Å²) in [5.74, 6) is -0.806. The van der Waals surface area contributed by atoms with E-state index in [1.54, 1.807) is 0 Å². The molecule has 1 aliphatic carbocycles. The molecule has 31 heavy (non-hydrogen) atoms. The SMILES string of the molecule is N[C@H]1CCC[C@@H](C(=O)N2N=C(c3cc(F)ccc3F)SC23CCOc2ccccc23)C1. The number of para-hydroxylation sites is 1. The van der Waals surface area contributed by atoms with Crippen molar-refractivity contribution in [3.05, 3.63) is 65.2 Å². The Morgan fingerprint density at radius 3 is 2.90 bits per heavy atom. The van der Waals surface area contributed by atoms with Crippen LogP contribution in [0.3, 0.4) is 0 Å². The summed E-state index contributed by atoms with van der Waals surface area (Å²) in [6, 6.07) is 10.8. The highest BCUT2D eigenvalue weighted by molar-refractivity contribution is 8.15. The second-order valence-electron chi connectivity index (χ2n) is 8.28. The molecule has 0 aromatic heterocycles. The zero-order valence-corrected chi connectivity index (χ0v) is 17.7. The van der Waals surface area contributed by atoms with Crippen molar-refractivity contribution in [2.24, 2.45) is 16.8 Å². The van der Waals surface area contributed by atoms with E-state index in [0.29, 0.717) is 30.2 Å². The average molecular weight is 444 g/mol. The van der Waals surface area contributed by atoms with E-state index in [9.17, 15) is 13.6 Å². The topological polar surface area (TPSA) is 67.9 Å². The smallest absolute Gasteiger partial charge is 0.247 e. The molecule has 3 atom stereocenters. The highest BCUT2D eigenvalue weighted by Crippen LogP contribution is 2.55. The largest absolute Gasteiger partial charge is 0.493 e. The summed E-state index contributed by atoms with van der Waals surface area (Å²) in [4.78, 5) is 12.8. The van der Waals surface area contributed by atoms with Crippen molar-refractivity contribution in [3.63, 3.8) is 0 Å². The first kappa shape index (κ1) is 20.5. The molecule has 162 valence electrons. The number of carbonyl (C=O) groups is 1. The van der Waals surface area contributed by atoms with Gasteiger partial charge in [0.1, 0.15) is 27.3 Å². The Bertz CT molecular complexity index is 1060. The molecule has 8 heteroatoms. The number of hydrogen-bond acceptors (Lipinski definition) is 5. The first-order valence-electron chi connectivity index (χ1n) is 10.5. The number of ether oxygens (including phenoxy) is 1. The zero-order valence-electron chi connectivity index (χ0n) is 16.9. The monoisotopic (exact) mass is 443 g/mol. The minimum Gasteiger partial charge on any atom is -0.493 e. The highest BCUT2D eigenvalue weighted by atomic mass is 32.2. The molecule has 5 nitrogen and oxygen atoms in total. The number of rotatable bonds is 2. The Balaban J connectivity index is 1.61. The van der Waals surface area contributed by atoms with Crippen molar-refractivity contribution in [3.8, 4) is 5.75 Å². The van der Waals surface area contributed by atoms with Crippen molar-refractivity contribution in [2.75, 3.05) is 6.61 Å². The number of carbonyl (C=O) groups excluding carboxylic acids is 1. The summed E-state index contributed by atoms with van der Waals surface area (Å²) < 4.78 is 34.3. The van der Waals surface area contributed by atoms with E-state index in [1.165, 1.54) is 16.8 Å². The minimum absolute atomic E-state index is 0.0139. The van der Waals surface area contributed by atoms with Crippen molar-refractivity contribution in [2.45, 2.75) is 43.0 Å². The third kappa shape index (κ3) is 3.51. The normalized spacial score (nSPS) is 27.6. The van der Waals surface area contributed by atoms with E-state index in [1.807, 2.05) is 24.3 Å². The van der Waals surface area contributed by atoms with Gasteiger partial charge in [0.2, 0.25) is 5.91 Å². The summed E-state index contributed by atoms with van der Waals surface area (Å²) in [5.41, 5.74) is 7.01. The van der Waals surface area contributed by atoms with Gasteiger partial charge in [0, 0.05) is 29.5 Å². The standard InChI is InChI=1S/C23H23F2N3O2S/c24-15-8-9-19(25)17(13-15)21-27-28(22(29)14-4-3-5-16(26)12-14)23(31-21)10-11-30-20-7-2-1-6-18(20)23/h1-2,6-9,13-14,16H,3-5,10-12,26H2/t14-,16+,23?/m1/s1. The van der Waals surface area contributed by atoms with Gasteiger partial charge in [-0.3, -0.25) is 4.79 Å². The van der Waals surface area contributed by atoms with Gasteiger partial charge in [-0.1, -0.05) is 36.4 Å². The molecule has 2 aromatic rings. The fourth-order valence-electron chi connectivity index (χ4n) is 4.69. The molecule has 0 radical (unpaired) electrons. The first-order chi connectivity index (χ1) is 15.0. The molecule has 2 heterocycles. The maximum absolute atomic E-state index is 14.6. The zero-order chi connectivity index (χ0) is 21.6. The maximum Gasteiger partial charge on any atom is 0.247 e. The van der Waals surface area contributed by atoms with Gasteiger partial charge in [-0.05, 0) is 43.5 Å². The van der Waals surface area contributed by atoms with Crippen molar-refractivity contribution < 1.29 is 18.3 Å². The Hall–Kier alpha value is -2.45. The van der Waals surface area contributed by atoms with E-state index >= 15 is 0 Å². The molecule has 1 unspecified atom stereocenters. The number of amides is 1. The first-order valence-corrected chi connectivity index (χ1v) is 11.3. The lowest BCUT2D eigenvalue weighted by Crippen LogP contribution is -2.48. The molecule has 1 amide bonds.